The quantitative estimate of drug-likeness (QED) is 0.598. The number of carbonyl (C=O) groups is 2. The van der Waals surface area contributed by atoms with Crippen molar-refractivity contribution in [1.29, 1.82) is 0 Å². The highest BCUT2D eigenvalue weighted by Gasteiger charge is 2.28. The largest absolute Gasteiger partial charge is 0.383 e. The van der Waals surface area contributed by atoms with Gasteiger partial charge in [0.25, 0.3) is 11.8 Å². The fourth-order valence-corrected chi connectivity index (χ4v) is 4.31. The molecule has 0 saturated heterocycles. The number of fused-ring (bicyclic) bond motifs is 2. The molecule has 0 spiro atoms. The molecular formula is C22H23BrN4O3. The highest BCUT2D eigenvalue weighted by atomic mass is 79.9. The maximum Gasteiger partial charge on any atom is 0.272 e. The minimum absolute atomic E-state index is 0.0529. The first kappa shape index (κ1) is 20.6. The minimum atomic E-state index is -0.262. The van der Waals surface area contributed by atoms with Crippen LogP contribution in [0.15, 0.2) is 40.9 Å². The molecule has 1 aliphatic heterocycles. The molecule has 1 aromatic heterocycles. The Morgan fingerprint density at radius 2 is 2.17 bits per heavy atom. The molecule has 2 N–H and O–H groups in total. The van der Waals surface area contributed by atoms with Crippen LogP contribution in [0.3, 0.4) is 0 Å². The lowest BCUT2D eigenvalue weighted by Gasteiger charge is -2.27. The van der Waals surface area contributed by atoms with Crippen LogP contribution in [0, 0.1) is 0 Å². The molecule has 2 amide bonds. The van der Waals surface area contributed by atoms with Crippen molar-refractivity contribution in [3.05, 3.63) is 63.4 Å². The molecule has 0 saturated carbocycles. The van der Waals surface area contributed by atoms with Crippen molar-refractivity contribution in [2.75, 3.05) is 20.3 Å². The lowest BCUT2D eigenvalue weighted by Crippen LogP contribution is -2.39. The number of nitrogens with zero attached hydrogens (tertiary/aromatic N) is 2. The Morgan fingerprint density at radius 3 is 2.97 bits per heavy atom. The molecule has 0 fully saturated rings. The Kier molecular flexibility index (Phi) is 5.87. The summed E-state index contributed by atoms with van der Waals surface area (Å²) in [5, 5.41) is 12.1. The normalized spacial score (nSPS) is 14.4. The SMILES string of the molecule is COCC(C)NC(=O)c1n[nH]c2c1CN(C(=O)c1ccc3c(Br)cccc3c1)CC2. The van der Waals surface area contributed by atoms with Crippen molar-refractivity contribution in [1.82, 2.24) is 20.4 Å². The summed E-state index contributed by atoms with van der Waals surface area (Å²) in [6.07, 6.45) is 0.633. The summed E-state index contributed by atoms with van der Waals surface area (Å²) in [5.41, 5.74) is 2.66. The van der Waals surface area contributed by atoms with E-state index in [1.165, 1.54) is 0 Å². The van der Waals surface area contributed by atoms with E-state index in [0.29, 0.717) is 37.4 Å². The average Bonchev–Trinajstić information content (AvgIpc) is 3.16. The van der Waals surface area contributed by atoms with Crippen LogP contribution in [0.25, 0.3) is 10.8 Å². The number of ether oxygens (including phenoxy) is 1. The van der Waals surface area contributed by atoms with Gasteiger partial charge in [-0.3, -0.25) is 14.7 Å². The predicted molar refractivity (Wildman–Crippen MR) is 117 cm³/mol. The van der Waals surface area contributed by atoms with Gasteiger partial charge in [0.05, 0.1) is 13.2 Å². The van der Waals surface area contributed by atoms with Crippen LogP contribution in [0.2, 0.25) is 0 Å². The average molecular weight is 471 g/mol. The van der Waals surface area contributed by atoms with E-state index in [0.717, 1.165) is 26.5 Å². The molecular weight excluding hydrogens is 448 g/mol. The number of rotatable bonds is 5. The highest BCUT2D eigenvalue weighted by molar-refractivity contribution is 9.10. The van der Waals surface area contributed by atoms with Gasteiger partial charge in [-0.25, -0.2) is 0 Å². The van der Waals surface area contributed by atoms with E-state index in [4.69, 9.17) is 4.74 Å². The second-order valence-corrected chi connectivity index (χ2v) is 8.37. The van der Waals surface area contributed by atoms with E-state index in [-0.39, 0.29) is 17.9 Å². The Bertz CT molecular complexity index is 1110. The Hall–Kier alpha value is -2.71. The summed E-state index contributed by atoms with van der Waals surface area (Å²) in [5.74, 6) is -0.315. The smallest absolute Gasteiger partial charge is 0.272 e. The van der Waals surface area contributed by atoms with Crippen LogP contribution < -0.4 is 5.32 Å². The lowest BCUT2D eigenvalue weighted by molar-refractivity contribution is 0.0730. The van der Waals surface area contributed by atoms with E-state index < -0.39 is 0 Å². The van der Waals surface area contributed by atoms with Gasteiger partial charge in [-0.2, -0.15) is 5.10 Å². The van der Waals surface area contributed by atoms with E-state index in [9.17, 15) is 9.59 Å². The van der Waals surface area contributed by atoms with Gasteiger partial charge in [-0.15, -0.1) is 0 Å². The van der Waals surface area contributed by atoms with Crippen molar-refractivity contribution >= 4 is 38.5 Å². The number of H-pyrrole nitrogens is 1. The van der Waals surface area contributed by atoms with Crippen LogP contribution in [0.1, 0.15) is 39.0 Å². The number of hydrogen-bond acceptors (Lipinski definition) is 4. The number of hydrogen-bond donors (Lipinski definition) is 2. The van der Waals surface area contributed by atoms with E-state index >= 15 is 0 Å². The molecule has 2 heterocycles. The van der Waals surface area contributed by atoms with Crippen LogP contribution in [0.5, 0.6) is 0 Å². The summed E-state index contributed by atoms with van der Waals surface area (Å²) in [6, 6.07) is 11.5. The Balaban J connectivity index is 1.55. The van der Waals surface area contributed by atoms with Crippen molar-refractivity contribution in [2.24, 2.45) is 0 Å². The fourth-order valence-electron chi connectivity index (χ4n) is 3.80. The van der Waals surface area contributed by atoms with Crippen LogP contribution in [0.4, 0.5) is 0 Å². The summed E-state index contributed by atoms with van der Waals surface area (Å²) in [4.78, 5) is 27.6. The Labute approximate surface area is 182 Å². The molecule has 3 aromatic rings. The van der Waals surface area contributed by atoms with Gasteiger partial charge in [-0.05, 0) is 35.9 Å². The first-order valence-electron chi connectivity index (χ1n) is 9.81. The zero-order valence-corrected chi connectivity index (χ0v) is 18.5. The molecule has 4 rings (SSSR count). The number of benzene rings is 2. The van der Waals surface area contributed by atoms with Crippen molar-refractivity contribution in [3.8, 4) is 0 Å². The first-order valence-corrected chi connectivity index (χ1v) is 10.6. The number of aromatic amines is 1. The second kappa shape index (κ2) is 8.57. The molecule has 1 aliphatic rings. The maximum atomic E-state index is 13.2. The highest BCUT2D eigenvalue weighted by Crippen LogP contribution is 2.26. The number of amides is 2. The second-order valence-electron chi connectivity index (χ2n) is 7.51. The third-order valence-electron chi connectivity index (χ3n) is 5.30. The number of aromatic nitrogens is 2. The van der Waals surface area contributed by atoms with Gasteiger partial charge in [0.15, 0.2) is 5.69 Å². The molecule has 2 aromatic carbocycles. The summed E-state index contributed by atoms with van der Waals surface area (Å²) in [6.45, 7) is 3.21. The zero-order chi connectivity index (χ0) is 21.3. The van der Waals surface area contributed by atoms with Gasteiger partial charge in [-0.1, -0.05) is 34.1 Å². The third-order valence-corrected chi connectivity index (χ3v) is 6.00. The minimum Gasteiger partial charge on any atom is -0.383 e. The van der Waals surface area contributed by atoms with Crippen molar-refractivity contribution < 1.29 is 14.3 Å². The maximum absolute atomic E-state index is 13.2. The summed E-state index contributed by atoms with van der Waals surface area (Å²) in [7, 11) is 1.59. The van der Waals surface area contributed by atoms with Gasteiger partial charge in [0.1, 0.15) is 0 Å². The molecule has 0 aliphatic carbocycles. The van der Waals surface area contributed by atoms with E-state index in [1.54, 1.807) is 12.0 Å². The Morgan fingerprint density at radius 1 is 1.33 bits per heavy atom. The van der Waals surface area contributed by atoms with Gasteiger partial charge in [0, 0.05) is 47.4 Å². The first-order chi connectivity index (χ1) is 14.5. The molecule has 0 bridgehead atoms. The molecule has 30 heavy (non-hydrogen) atoms. The van der Waals surface area contributed by atoms with Crippen LogP contribution in [-0.4, -0.2) is 53.2 Å². The third kappa shape index (κ3) is 3.97. The zero-order valence-electron chi connectivity index (χ0n) is 16.9. The fraction of sp³-hybridized carbons (Fsp3) is 0.318. The van der Waals surface area contributed by atoms with E-state index in [2.05, 4.69) is 31.4 Å². The van der Waals surface area contributed by atoms with Gasteiger partial charge in [0.2, 0.25) is 0 Å². The molecule has 0 radical (unpaired) electrons. The standard InChI is InChI=1S/C22H23BrN4O3/c1-13(12-30-2)24-21(28)20-17-11-27(9-8-19(17)25-26-20)22(29)15-6-7-16-14(10-15)4-3-5-18(16)23/h3-7,10,13H,8-9,11-12H2,1-2H3,(H,24,28)(H,25,26). The number of methoxy groups -OCH3 is 1. The van der Waals surface area contributed by atoms with Gasteiger partial charge >= 0.3 is 0 Å². The summed E-state index contributed by atoms with van der Waals surface area (Å²) < 4.78 is 6.07. The molecule has 7 nitrogen and oxygen atoms in total. The lowest BCUT2D eigenvalue weighted by atomic mass is 10.0. The molecule has 1 unspecified atom stereocenters. The number of halogens is 1. The van der Waals surface area contributed by atoms with Gasteiger partial charge < -0.3 is 15.0 Å². The molecule has 156 valence electrons. The predicted octanol–water partition coefficient (Wildman–Crippen LogP) is 3.29. The summed E-state index contributed by atoms with van der Waals surface area (Å²) >= 11 is 3.55. The number of carbonyl (C=O) groups excluding carboxylic acids is 2. The van der Waals surface area contributed by atoms with Crippen LogP contribution >= 0.6 is 15.9 Å². The van der Waals surface area contributed by atoms with E-state index in [1.807, 2.05) is 43.3 Å². The molecule has 1 atom stereocenters. The van der Waals surface area contributed by atoms with Crippen molar-refractivity contribution in [3.63, 3.8) is 0 Å². The topological polar surface area (TPSA) is 87.3 Å². The van der Waals surface area contributed by atoms with Crippen LogP contribution in [-0.2, 0) is 17.7 Å². The number of nitrogens with one attached hydrogen (secondary N) is 2. The molecule has 8 heteroatoms. The van der Waals surface area contributed by atoms with Crippen molar-refractivity contribution in [2.45, 2.75) is 25.9 Å². The monoisotopic (exact) mass is 470 g/mol.